The highest BCUT2D eigenvalue weighted by Gasteiger charge is 2.48. The molecule has 1 aromatic carbocycles. The minimum absolute atomic E-state index is 0.0782. The molecule has 1 saturated carbocycles. The second-order valence-corrected chi connectivity index (χ2v) is 5.78. The van der Waals surface area contributed by atoms with Crippen LogP contribution in [0.3, 0.4) is 0 Å². The van der Waals surface area contributed by atoms with Crippen molar-refractivity contribution in [2.24, 2.45) is 0 Å². The van der Waals surface area contributed by atoms with Crippen LogP contribution in [0, 0.1) is 5.82 Å². The summed E-state index contributed by atoms with van der Waals surface area (Å²) in [5, 5.41) is 41.2. The number of halogens is 1. The van der Waals surface area contributed by atoms with Gasteiger partial charge in [0.1, 0.15) is 36.3 Å². The highest BCUT2D eigenvalue weighted by Crippen LogP contribution is 2.17. The van der Waals surface area contributed by atoms with Crippen LogP contribution < -0.4 is 16.2 Å². The summed E-state index contributed by atoms with van der Waals surface area (Å²) in [6.07, 6.45) is -6.88. The minimum atomic E-state index is -1.82. The van der Waals surface area contributed by atoms with Crippen molar-refractivity contribution in [1.29, 1.82) is 0 Å². The van der Waals surface area contributed by atoms with Gasteiger partial charge in [0, 0.05) is 6.54 Å². The lowest BCUT2D eigenvalue weighted by atomic mass is 9.85. The Bertz CT molecular complexity index is 603. The van der Waals surface area contributed by atoms with E-state index in [0.717, 1.165) is 5.56 Å². The number of ketones is 1. The molecule has 1 aliphatic rings. The van der Waals surface area contributed by atoms with Crippen LogP contribution in [0.25, 0.3) is 0 Å². The molecule has 0 heterocycles. The molecule has 0 aliphatic heterocycles. The number of hydrogen-bond acceptors (Lipinski definition) is 7. The van der Waals surface area contributed by atoms with E-state index in [4.69, 9.17) is 12.2 Å². The van der Waals surface area contributed by atoms with Gasteiger partial charge in [0.2, 0.25) is 0 Å². The van der Waals surface area contributed by atoms with Gasteiger partial charge in [-0.2, -0.15) is 0 Å². The van der Waals surface area contributed by atoms with E-state index in [2.05, 4.69) is 16.2 Å². The molecular formula is C14H18FN3O5S. The lowest BCUT2D eigenvalue weighted by Gasteiger charge is -2.37. The van der Waals surface area contributed by atoms with Crippen LogP contribution in [0.15, 0.2) is 24.3 Å². The number of hydrogen-bond donors (Lipinski definition) is 7. The van der Waals surface area contributed by atoms with E-state index in [9.17, 15) is 29.6 Å². The lowest BCUT2D eigenvalue weighted by molar-refractivity contribution is -0.169. The number of aliphatic hydroxyl groups is 4. The van der Waals surface area contributed by atoms with Crippen molar-refractivity contribution in [3.05, 3.63) is 35.6 Å². The molecule has 0 aromatic heterocycles. The van der Waals surface area contributed by atoms with Crippen LogP contribution in [0.1, 0.15) is 5.56 Å². The Morgan fingerprint density at radius 1 is 1.08 bits per heavy atom. The summed E-state index contributed by atoms with van der Waals surface area (Å²) >= 11 is 4.98. The molecule has 1 aliphatic carbocycles. The van der Waals surface area contributed by atoms with E-state index in [1.165, 1.54) is 12.1 Å². The highest BCUT2D eigenvalue weighted by atomic mass is 32.1. The van der Waals surface area contributed by atoms with Crippen molar-refractivity contribution in [2.75, 3.05) is 0 Å². The van der Waals surface area contributed by atoms with Crippen LogP contribution in [0.2, 0.25) is 0 Å². The standard InChI is InChI=1S/C14H18FN3O5S/c15-7-3-1-6(2-4-7)5-16-14(24)18-17-8-9(19)11(21)13(23)12(22)10(8)20/h1-4,8-9,11-13,17,19,21-23H,5H2,(H2,16,18,24)/t8?,9-,11-,12-,13-/m1/s1. The van der Waals surface area contributed by atoms with Crippen molar-refractivity contribution >= 4 is 23.1 Å². The highest BCUT2D eigenvalue weighted by molar-refractivity contribution is 7.80. The zero-order chi connectivity index (χ0) is 17.9. The molecular weight excluding hydrogens is 341 g/mol. The van der Waals surface area contributed by atoms with Gasteiger partial charge in [-0.15, -0.1) is 0 Å². The maximum absolute atomic E-state index is 12.8. The Kier molecular flexibility index (Phi) is 6.15. The third-order valence-electron chi connectivity index (χ3n) is 3.67. The summed E-state index contributed by atoms with van der Waals surface area (Å²) in [5.41, 5.74) is 5.63. The SMILES string of the molecule is O=C1C(NNC(=S)NCc2ccc(F)cc2)[C@@H](O)[C@@H](O)[C@@H](O)[C@@H]1O. The molecule has 0 spiro atoms. The molecule has 7 N–H and O–H groups in total. The lowest BCUT2D eigenvalue weighted by Crippen LogP contribution is -2.68. The smallest absolute Gasteiger partial charge is 0.185 e. The molecule has 10 heteroatoms. The number of hydrazine groups is 1. The Labute approximate surface area is 142 Å². The number of rotatable bonds is 4. The fourth-order valence-corrected chi connectivity index (χ4v) is 2.37. The van der Waals surface area contributed by atoms with Gasteiger partial charge in [-0.25, -0.2) is 9.82 Å². The van der Waals surface area contributed by atoms with Crippen LogP contribution in [0.4, 0.5) is 4.39 Å². The van der Waals surface area contributed by atoms with Crippen molar-refractivity contribution in [1.82, 2.24) is 16.2 Å². The zero-order valence-corrected chi connectivity index (χ0v) is 13.2. The number of carbonyl (C=O) groups is 1. The van der Waals surface area contributed by atoms with Gasteiger partial charge in [0.25, 0.3) is 0 Å². The molecule has 8 nitrogen and oxygen atoms in total. The van der Waals surface area contributed by atoms with Gasteiger partial charge in [-0.05, 0) is 29.9 Å². The molecule has 5 atom stereocenters. The van der Waals surface area contributed by atoms with Crippen molar-refractivity contribution < 1.29 is 29.6 Å². The monoisotopic (exact) mass is 359 g/mol. The van der Waals surface area contributed by atoms with Crippen molar-refractivity contribution in [2.45, 2.75) is 37.0 Å². The first-order chi connectivity index (χ1) is 11.3. The average Bonchev–Trinajstić information content (AvgIpc) is 2.57. The predicted molar refractivity (Wildman–Crippen MR) is 84.9 cm³/mol. The van der Waals surface area contributed by atoms with Gasteiger partial charge >= 0.3 is 0 Å². The number of benzene rings is 1. The minimum Gasteiger partial charge on any atom is -0.388 e. The van der Waals surface area contributed by atoms with Crippen LogP contribution in [0.5, 0.6) is 0 Å². The normalized spacial score (nSPS) is 30.0. The number of Topliss-reactive ketones (excluding diaryl/α,β-unsaturated/α-hetero) is 1. The third-order valence-corrected chi connectivity index (χ3v) is 3.92. The average molecular weight is 359 g/mol. The first kappa shape index (κ1) is 18.6. The van der Waals surface area contributed by atoms with E-state index in [1.54, 1.807) is 12.1 Å². The van der Waals surface area contributed by atoms with Crippen molar-refractivity contribution in [3.8, 4) is 0 Å². The molecule has 0 bridgehead atoms. The summed E-state index contributed by atoms with van der Waals surface area (Å²) in [5.74, 6) is -1.24. The van der Waals surface area contributed by atoms with E-state index < -0.39 is 36.2 Å². The van der Waals surface area contributed by atoms with Crippen LogP contribution in [-0.2, 0) is 11.3 Å². The molecule has 24 heavy (non-hydrogen) atoms. The quantitative estimate of drug-likeness (QED) is 0.234. The van der Waals surface area contributed by atoms with Crippen LogP contribution >= 0.6 is 12.2 Å². The van der Waals surface area contributed by atoms with Gasteiger partial charge in [0.15, 0.2) is 10.9 Å². The van der Waals surface area contributed by atoms with Crippen molar-refractivity contribution in [3.63, 3.8) is 0 Å². The third kappa shape index (κ3) is 4.23. The Balaban J connectivity index is 1.84. The topological polar surface area (TPSA) is 134 Å². The van der Waals surface area contributed by atoms with Gasteiger partial charge < -0.3 is 25.7 Å². The maximum atomic E-state index is 12.8. The second-order valence-electron chi connectivity index (χ2n) is 5.38. The molecule has 0 amide bonds. The summed E-state index contributed by atoms with van der Waals surface area (Å²) < 4.78 is 12.8. The van der Waals surface area contributed by atoms with Gasteiger partial charge in [0.05, 0.1) is 0 Å². The largest absolute Gasteiger partial charge is 0.388 e. The molecule has 2 rings (SSSR count). The number of carbonyl (C=O) groups excluding carboxylic acids is 1. The summed E-state index contributed by atoms with van der Waals surface area (Å²) in [4.78, 5) is 11.8. The zero-order valence-electron chi connectivity index (χ0n) is 12.4. The fourth-order valence-electron chi connectivity index (χ4n) is 2.24. The Hall–Kier alpha value is -1.69. The number of thiocarbonyl (C=S) groups is 1. The summed E-state index contributed by atoms with van der Waals surface area (Å²) in [7, 11) is 0. The van der Waals surface area contributed by atoms with Gasteiger partial charge in [-0.3, -0.25) is 10.2 Å². The molecule has 132 valence electrons. The molecule has 1 aromatic rings. The van der Waals surface area contributed by atoms with E-state index in [-0.39, 0.29) is 10.9 Å². The molecule has 0 radical (unpaired) electrons. The second kappa shape index (κ2) is 7.92. The number of nitrogens with one attached hydrogen (secondary N) is 3. The first-order valence-electron chi connectivity index (χ1n) is 7.11. The number of aliphatic hydroxyl groups excluding tert-OH is 4. The van der Waals surface area contributed by atoms with Crippen LogP contribution in [-0.4, -0.2) is 61.8 Å². The first-order valence-corrected chi connectivity index (χ1v) is 7.52. The molecule has 1 fully saturated rings. The summed E-state index contributed by atoms with van der Waals surface area (Å²) in [6.45, 7) is 0.291. The maximum Gasteiger partial charge on any atom is 0.185 e. The Morgan fingerprint density at radius 3 is 2.33 bits per heavy atom. The fraction of sp³-hybridized carbons (Fsp3) is 0.429. The Morgan fingerprint density at radius 2 is 1.71 bits per heavy atom. The van der Waals surface area contributed by atoms with E-state index in [1.807, 2.05) is 0 Å². The van der Waals surface area contributed by atoms with Gasteiger partial charge in [-0.1, -0.05) is 12.1 Å². The molecule has 0 saturated heterocycles. The van der Waals surface area contributed by atoms with E-state index >= 15 is 0 Å². The summed E-state index contributed by atoms with van der Waals surface area (Å²) in [6, 6.07) is 4.39. The van der Waals surface area contributed by atoms with E-state index in [0.29, 0.717) is 6.54 Å². The predicted octanol–water partition coefficient (Wildman–Crippen LogP) is -2.31. The molecule has 1 unspecified atom stereocenters.